The van der Waals surface area contributed by atoms with Gasteiger partial charge < -0.3 is 9.72 Å². The van der Waals surface area contributed by atoms with Crippen molar-refractivity contribution >= 4 is 32.9 Å². The van der Waals surface area contributed by atoms with Crippen LogP contribution in [-0.2, 0) is 13.0 Å². The van der Waals surface area contributed by atoms with Gasteiger partial charge in [0.1, 0.15) is 10.7 Å². The van der Waals surface area contributed by atoms with Gasteiger partial charge in [0.15, 0.2) is 5.75 Å². The molecule has 30 heavy (non-hydrogen) atoms. The van der Waals surface area contributed by atoms with Gasteiger partial charge in [0.05, 0.1) is 18.5 Å². The Balaban J connectivity index is 1.79. The number of aromatic nitrogens is 3. The van der Waals surface area contributed by atoms with Crippen molar-refractivity contribution in [2.75, 3.05) is 6.61 Å². The molecule has 0 saturated carbocycles. The lowest BCUT2D eigenvalue weighted by molar-refractivity contribution is 0.313. The summed E-state index contributed by atoms with van der Waals surface area (Å²) >= 11 is 3.11. The van der Waals surface area contributed by atoms with Crippen LogP contribution in [0, 0.1) is 0 Å². The van der Waals surface area contributed by atoms with Crippen molar-refractivity contribution < 1.29 is 4.74 Å². The fourth-order valence-electron chi connectivity index (χ4n) is 3.34. The lowest BCUT2D eigenvalue weighted by atomic mass is 10.2. The van der Waals surface area contributed by atoms with Crippen LogP contribution in [-0.4, -0.2) is 21.1 Å². The van der Waals surface area contributed by atoms with Crippen molar-refractivity contribution in [2.45, 2.75) is 39.7 Å². The standard InChI is InChI=1S/C22H23N3O3S2/c1-3-6-19-24-21-20(15(13-30-21)18-7-5-9-29-18)22(27)25(19)12-14-10-16(26)17(11-23-14)28-8-4-2/h5,7,9-11,13H,3-4,6,8,12H2,1-2H3,(H,23,26). The van der Waals surface area contributed by atoms with Crippen LogP contribution in [0.15, 0.2) is 44.7 Å². The molecule has 0 aromatic carbocycles. The average Bonchev–Trinajstić information content (AvgIpc) is 3.40. The summed E-state index contributed by atoms with van der Waals surface area (Å²) in [5.41, 5.74) is 1.32. The summed E-state index contributed by atoms with van der Waals surface area (Å²) < 4.78 is 7.15. The molecule has 4 aromatic rings. The van der Waals surface area contributed by atoms with E-state index < -0.39 is 0 Å². The Kier molecular flexibility index (Phi) is 6.15. The van der Waals surface area contributed by atoms with E-state index in [1.165, 1.54) is 17.4 Å². The van der Waals surface area contributed by atoms with E-state index in [9.17, 15) is 9.59 Å². The Morgan fingerprint density at radius 3 is 2.77 bits per heavy atom. The van der Waals surface area contributed by atoms with Gasteiger partial charge in [-0.3, -0.25) is 14.2 Å². The maximum atomic E-state index is 13.5. The molecule has 0 bridgehead atoms. The second-order valence-corrected chi connectivity index (χ2v) is 8.82. The predicted octanol–water partition coefficient (Wildman–Crippen LogP) is 4.66. The first-order valence-corrected chi connectivity index (χ1v) is 11.8. The van der Waals surface area contributed by atoms with Crippen LogP contribution in [0.2, 0.25) is 0 Å². The summed E-state index contributed by atoms with van der Waals surface area (Å²) in [6, 6.07) is 5.50. The van der Waals surface area contributed by atoms with Crippen molar-refractivity contribution in [3.63, 3.8) is 0 Å². The van der Waals surface area contributed by atoms with Gasteiger partial charge in [-0.2, -0.15) is 0 Å². The number of hydrogen-bond acceptors (Lipinski definition) is 6. The van der Waals surface area contributed by atoms with Gasteiger partial charge in [0.25, 0.3) is 5.56 Å². The van der Waals surface area contributed by atoms with E-state index in [1.807, 2.05) is 29.8 Å². The first-order chi connectivity index (χ1) is 14.6. The fourth-order valence-corrected chi connectivity index (χ4v) is 5.11. The maximum absolute atomic E-state index is 13.5. The molecular formula is C22H23N3O3S2. The zero-order chi connectivity index (χ0) is 21.1. The minimum Gasteiger partial charge on any atom is -0.488 e. The van der Waals surface area contributed by atoms with E-state index in [0.717, 1.165) is 33.9 Å². The van der Waals surface area contributed by atoms with Gasteiger partial charge in [-0.05, 0) is 24.3 Å². The third kappa shape index (κ3) is 3.97. The fraction of sp³-hybridized carbons (Fsp3) is 0.318. The molecule has 0 spiro atoms. The minimum atomic E-state index is -0.189. The number of fused-ring (bicyclic) bond motifs is 1. The van der Waals surface area contributed by atoms with Crippen LogP contribution in [0.5, 0.6) is 5.75 Å². The zero-order valence-corrected chi connectivity index (χ0v) is 18.6. The molecule has 0 aliphatic heterocycles. The van der Waals surface area contributed by atoms with E-state index in [0.29, 0.717) is 29.9 Å². The van der Waals surface area contributed by atoms with E-state index in [2.05, 4.69) is 11.9 Å². The van der Waals surface area contributed by atoms with Gasteiger partial charge in [-0.1, -0.05) is 19.9 Å². The van der Waals surface area contributed by atoms with Crippen LogP contribution in [0.25, 0.3) is 20.7 Å². The smallest absolute Gasteiger partial charge is 0.263 e. The van der Waals surface area contributed by atoms with E-state index in [4.69, 9.17) is 9.72 Å². The number of nitrogens with zero attached hydrogens (tertiary/aromatic N) is 2. The molecule has 0 aliphatic carbocycles. The molecule has 0 aliphatic rings. The second-order valence-electron chi connectivity index (χ2n) is 7.01. The molecule has 8 heteroatoms. The van der Waals surface area contributed by atoms with Gasteiger partial charge in [0.2, 0.25) is 5.43 Å². The number of nitrogens with one attached hydrogen (secondary N) is 1. The average molecular weight is 442 g/mol. The minimum absolute atomic E-state index is 0.0692. The molecule has 6 nitrogen and oxygen atoms in total. The Morgan fingerprint density at radius 1 is 1.20 bits per heavy atom. The summed E-state index contributed by atoms with van der Waals surface area (Å²) in [5, 5.41) is 4.66. The molecule has 4 aromatic heterocycles. The van der Waals surface area contributed by atoms with E-state index in [1.54, 1.807) is 22.1 Å². The predicted molar refractivity (Wildman–Crippen MR) is 123 cm³/mol. The van der Waals surface area contributed by atoms with Crippen molar-refractivity contribution in [1.29, 1.82) is 0 Å². The van der Waals surface area contributed by atoms with Crippen LogP contribution in [0.3, 0.4) is 0 Å². The summed E-state index contributed by atoms with van der Waals surface area (Å²) in [6.45, 7) is 4.81. The van der Waals surface area contributed by atoms with Gasteiger partial charge in [0, 0.05) is 40.2 Å². The van der Waals surface area contributed by atoms with E-state index >= 15 is 0 Å². The molecule has 0 fully saturated rings. The van der Waals surface area contributed by atoms with Crippen molar-refractivity contribution in [3.8, 4) is 16.2 Å². The molecular weight excluding hydrogens is 418 g/mol. The topological polar surface area (TPSA) is 77.0 Å². The Labute approximate surface area is 181 Å². The lowest BCUT2D eigenvalue weighted by Gasteiger charge is -2.13. The van der Waals surface area contributed by atoms with Crippen molar-refractivity contribution in [3.05, 3.63) is 67.3 Å². The van der Waals surface area contributed by atoms with Crippen molar-refractivity contribution in [2.24, 2.45) is 0 Å². The SMILES string of the molecule is CCCOc1c[nH]c(Cn2c(CCC)nc3scc(-c4cccs4)c3c2=O)cc1=O. The molecule has 1 N–H and O–H groups in total. The highest BCUT2D eigenvalue weighted by atomic mass is 32.1. The van der Waals surface area contributed by atoms with Crippen LogP contribution in [0.4, 0.5) is 0 Å². The molecule has 0 unspecified atom stereocenters. The highest BCUT2D eigenvalue weighted by Crippen LogP contribution is 2.33. The second kappa shape index (κ2) is 8.97. The third-order valence-electron chi connectivity index (χ3n) is 4.76. The molecule has 156 valence electrons. The Bertz CT molecular complexity index is 1270. The highest BCUT2D eigenvalue weighted by molar-refractivity contribution is 7.18. The van der Waals surface area contributed by atoms with Crippen LogP contribution in [0.1, 0.15) is 38.2 Å². The number of ether oxygens (including phenoxy) is 1. The third-order valence-corrected chi connectivity index (χ3v) is 6.54. The zero-order valence-electron chi connectivity index (χ0n) is 16.9. The van der Waals surface area contributed by atoms with E-state index in [-0.39, 0.29) is 17.5 Å². The lowest BCUT2D eigenvalue weighted by Crippen LogP contribution is -2.26. The number of H-pyrrole nitrogens is 1. The summed E-state index contributed by atoms with van der Waals surface area (Å²) in [7, 11) is 0. The summed E-state index contributed by atoms with van der Waals surface area (Å²) in [5.74, 6) is 1.04. The Morgan fingerprint density at radius 2 is 2.07 bits per heavy atom. The summed E-state index contributed by atoms with van der Waals surface area (Å²) in [4.78, 5) is 35.6. The number of thiophene rings is 2. The first kappa shape index (κ1) is 20.6. The normalized spacial score (nSPS) is 11.3. The van der Waals surface area contributed by atoms with Gasteiger partial charge in [-0.25, -0.2) is 4.98 Å². The molecule has 4 rings (SSSR count). The maximum Gasteiger partial charge on any atom is 0.263 e. The van der Waals surface area contributed by atoms with Crippen LogP contribution >= 0.6 is 22.7 Å². The Hall–Kier alpha value is -2.71. The quantitative estimate of drug-likeness (QED) is 0.431. The number of aryl methyl sites for hydroxylation is 1. The number of rotatable bonds is 8. The molecule has 0 amide bonds. The highest BCUT2D eigenvalue weighted by Gasteiger charge is 2.18. The first-order valence-electron chi connectivity index (χ1n) is 10.0. The molecule has 0 radical (unpaired) electrons. The molecule has 0 atom stereocenters. The number of aromatic amines is 1. The monoisotopic (exact) mass is 441 g/mol. The molecule has 0 saturated heterocycles. The largest absolute Gasteiger partial charge is 0.488 e. The number of hydrogen-bond donors (Lipinski definition) is 1. The summed E-state index contributed by atoms with van der Waals surface area (Å²) in [6.07, 6.45) is 3.97. The van der Waals surface area contributed by atoms with Gasteiger partial charge in [-0.15, -0.1) is 22.7 Å². The van der Waals surface area contributed by atoms with Crippen molar-refractivity contribution in [1.82, 2.24) is 14.5 Å². The van der Waals surface area contributed by atoms with Gasteiger partial charge >= 0.3 is 0 Å². The van der Waals surface area contributed by atoms with Crippen LogP contribution < -0.4 is 15.7 Å². The molecule has 4 heterocycles. The number of pyridine rings is 1.